The maximum Gasteiger partial charge on any atom is 0.120 e. The summed E-state index contributed by atoms with van der Waals surface area (Å²) in [6, 6.07) is 15.6. The van der Waals surface area contributed by atoms with Crippen LogP contribution in [0.15, 0.2) is 53.1 Å². The van der Waals surface area contributed by atoms with Crippen LogP contribution in [0.4, 0.5) is 0 Å². The molecule has 1 aliphatic heterocycles. The van der Waals surface area contributed by atoms with Gasteiger partial charge in [-0.2, -0.15) is 0 Å². The number of likely N-dealkylation sites (tertiary alicyclic amines) is 1. The van der Waals surface area contributed by atoms with Gasteiger partial charge in [0.1, 0.15) is 5.76 Å². The third-order valence-electron chi connectivity index (χ3n) is 4.21. The number of benzene rings is 1. The lowest BCUT2D eigenvalue weighted by Crippen LogP contribution is -2.45. The Morgan fingerprint density at radius 2 is 2.10 bits per heavy atom. The number of hydrogen-bond acceptors (Lipinski definition) is 3. The van der Waals surface area contributed by atoms with Crippen LogP contribution in [-0.2, 0) is 6.54 Å². The van der Waals surface area contributed by atoms with Crippen molar-refractivity contribution in [1.82, 2.24) is 10.2 Å². The highest BCUT2D eigenvalue weighted by molar-refractivity contribution is 5.14. The molecule has 0 spiro atoms. The Labute approximate surface area is 127 Å². The molecule has 2 aromatic rings. The van der Waals surface area contributed by atoms with Crippen molar-refractivity contribution in [2.45, 2.75) is 38.4 Å². The largest absolute Gasteiger partial charge is 0.468 e. The number of nitrogens with one attached hydrogen (secondary N) is 1. The van der Waals surface area contributed by atoms with E-state index in [2.05, 4.69) is 47.5 Å². The van der Waals surface area contributed by atoms with E-state index < -0.39 is 0 Å². The van der Waals surface area contributed by atoms with Gasteiger partial charge in [0.2, 0.25) is 0 Å². The molecule has 3 heteroatoms. The third kappa shape index (κ3) is 3.96. The summed E-state index contributed by atoms with van der Waals surface area (Å²) in [6.07, 6.45) is 4.25. The molecule has 1 saturated heterocycles. The molecule has 2 atom stereocenters. The summed E-state index contributed by atoms with van der Waals surface area (Å²) in [7, 11) is 0. The van der Waals surface area contributed by atoms with Gasteiger partial charge in [0.05, 0.1) is 12.3 Å². The van der Waals surface area contributed by atoms with Crippen molar-refractivity contribution >= 4 is 0 Å². The minimum absolute atomic E-state index is 0.279. The fraction of sp³-hybridized carbons (Fsp3) is 0.444. The highest BCUT2D eigenvalue weighted by atomic mass is 16.3. The van der Waals surface area contributed by atoms with Gasteiger partial charge >= 0.3 is 0 Å². The van der Waals surface area contributed by atoms with Crippen LogP contribution in [0.5, 0.6) is 0 Å². The van der Waals surface area contributed by atoms with E-state index in [0.29, 0.717) is 6.04 Å². The van der Waals surface area contributed by atoms with E-state index in [4.69, 9.17) is 4.42 Å². The Kier molecular flexibility index (Phi) is 4.73. The molecular formula is C18H24N2O. The fourth-order valence-corrected chi connectivity index (χ4v) is 3.15. The second-order valence-electron chi connectivity index (χ2n) is 5.96. The first-order valence-corrected chi connectivity index (χ1v) is 7.87. The van der Waals surface area contributed by atoms with Crippen molar-refractivity contribution in [2.75, 3.05) is 13.1 Å². The zero-order chi connectivity index (χ0) is 14.5. The molecule has 3 rings (SSSR count). The lowest BCUT2D eigenvalue weighted by atomic mass is 10.0. The molecule has 3 nitrogen and oxygen atoms in total. The Morgan fingerprint density at radius 1 is 1.24 bits per heavy atom. The van der Waals surface area contributed by atoms with E-state index >= 15 is 0 Å². The normalized spacial score (nSPS) is 21.3. The number of nitrogens with zero attached hydrogens (tertiary/aromatic N) is 1. The van der Waals surface area contributed by atoms with Gasteiger partial charge in [-0.05, 0) is 44.0 Å². The van der Waals surface area contributed by atoms with Crippen LogP contribution in [-0.4, -0.2) is 24.0 Å². The molecule has 112 valence electrons. The first-order valence-electron chi connectivity index (χ1n) is 7.87. The summed E-state index contributed by atoms with van der Waals surface area (Å²) < 4.78 is 5.48. The highest BCUT2D eigenvalue weighted by Gasteiger charge is 2.22. The Morgan fingerprint density at radius 3 is 2.86 bits per heavy atom. The van der Waals surface area contributed by atoms with E-state index in [1.165, 1.54) is 24.9 Å². The van der Waals surface area contributed by atoms with Gasteiger partial charge < -0.3 is 9.73 Å². The van der Waals surface area contributed by atoms with Gasteiger partial charge in [0, 0.05) is 19.1 Å². The molecular weight excluding hydrogens is 260 g/mol. The molecule has 1 N–H and O–H groups in total. The predicted octanol–water partition coefficient (Wildman–Crippen LogP) is 3.59. The van der Waals surface area contributed by atoms with Crippen LogP contribution in [0.25, 0.3) is 0 Å². The summed E-state index contributed by atoms with van der Waals surface area (Å²) in [4.78, 5) is 2.55. The molecule has 21 heavy (non-hydrogen) atoms. The SMILES string of the molecule is C[C@H](NC1CCCN(Cc2ccccc2)C1)c1ccco1. The average molecular weight is 284 g/mol. The minimum atomic E-state index is 0.279. The van der Waals surface area contributed by atoms with E-state index in [0.717, 1.165) is 18.8 Å². The first-order chi connectivity index (χ1) is 10.3. The van der Waals surface area contributed by atoms with Gasteiger partial charge in [0.15, 0.2) is 0 Å². The van der Waals surface area contributed by atoms with Crippen molar-refractivity contribution in [3.8, 4) is 0 Å². The predicted molar refractivity (Wildman–Crippen MR) is 85.0 cm³/mol. The zero-order valence-electron chi connectivity index (χ0n) is 12.7. The smallest absolute Gasteiger partial charge is 0.120 e. The summed E-state index contributed by atoms with van der Waals surface area (Å²) in [5.41, 5.74) is 1.40. The van der Waals surface area contributed by atoms with Gasteiger partial charge in [-0.3, -0.25) is 4.90 Å². The van der Waals surface area contributed by atoms with Crippen molar-refractivity contribution in [3.63, 3.8) is 0 Å². The topological polar surface area (TPSA) is 28.4 Å². The molecule has 0 saturated carbocycles. The van der Waals surface area contributed by atoms with E-state index in [9.17, 15) is 0 Å². The van der Waals surface area contributed by atoms with Crippen LogP contribution in [0, 0.1) is 0 Å². The maximum absolute atomic E-state index is 5.48. The third-order valence-corrected chi connectivity index (χ3v) is 4.21. The number of hydrogen-bond donors (Lipinski definition) is 1. The molecule has 2 heterocycles. The molecule has 1 aromatic heterocycles. The van der Waals surface area contributed by atoms with Crippen molar-refractivity contribution in [2.24, 2.45) is 0 Å². The molecule has 0 radical (unpaired) electrons. The number of piperidine rings is 1. The van der Waals surface area contributed by atoms with Crippen LogP contribution >= 0.6 is 0 Å². The van der Waals surface area contributed by atoms with Gasteiger partial charge in [-0.1, -0.05) is 30.3 Å². The molecule has 1 aromatic carbocycles. The zero-order valence-corrected chi connectivity index (χ0v) is 12.7. The second-order valence-corrected chi connectivity index (χ2v) is 5.96. The molecule has 1 aliphatic rings. The van der Waals surface area contributed by atoms with Gasteiger partial charge in [-0.25, -0.2) is 0 Å². The van der Waals surface area contributed by atoms with Crippen LogP contribution < -0.4 is 5.32 Å². The van der Waals surface area contributed by atoms with Crippen molar-refractivity contribution in [3.05, 3.63) is 60.1 Å². The van der Waals surface area contributed by atoms with Crippen LogP contribution in [0.2, 0.25) is 0 Å². The highest BCUT2D eigenvalue weighted by Crippen LogP contribution is 2.18. The average Bonchev–Trinajstić information content (AvgIpc) is 3.03. The monoisotopic (exact) mass is 284 g/mol. The molecule has 0 amide bonds. The van der Waals surface area contributed by atoms with Gasteiger partial charge in [0.25, 0.3) is 0 Å². The Hall–Kier alpha value is -1.58. The van der Waals surface area contributed by atoms with E-state index in [1.807, 2.05) is 12.1 Å². The molecule has 1 unspecified atom stereocenters. The lowest BCUT2D eigenvalue weighted by Gasteiger charge is -2.34. The molecule has 0 aliphatic carbocycles. The van der Waals surface area contributed by atoms with Gasteiger partial charge in [-0.15, -0.1) is 0 Å². The van der Waals surface area contributed by atoms with Crippen molar-refractivity contribution in [1.29, 1.82) is 0 Å². The number of rotatable bonds is 5. The quantitative estimate of drug-likeness (QED) is 0.909. The fourth-order valence-electron chi connectivity index (χ4n) is 3.15. The molecule has 1 fully saturated rings. The minimum Gasteiger partial charge on any atom is -0.468 e. The summed E-state index contributed by atoms with van der Waals surface area (Å²) >= 11 is 0. The molecule has 0 bridgehead atoms. The summed E-state index contributed by atoms with van der Waals surface area (Å²) in [5, 5.41) is 3.70. The Bertz CT molecular complexity index is 523. The summed E-state index contributed by atoms with van der Waals surface area (Å²) in [5.74, 6) is 1.02. The van der Waals surface area contributed by atoms with E-state index in [-0.39, 0.29) is 6.04 Å². The van der Waals surface area contributed by atoms with Crippen LogP contribution in [0.1, 0.15) is 37.1 Å². The standard InChI is InChI=1S/C18H24N2O/c1-15(18-10-6-12-21-18)19-17-9-5-11-20(14-17)13-16-7-3-2-4-8-16/h2-4,6-8,10,12,15,17,19H,5,9,11,13-14H2,1H3/t15-,17?/m0/s1. The maximum atomic E-state index is 5.48. The summed E-state index contributed by atoms with van der Waals surface area (Å²) in [6.45, 7) is 5.53. The van der Waals surface area contributed by atoms with Crippen molar-refractivity contribution < 1.29 is 4.42 Å². The van der Waals surface area contributed by atoms with E-state index in [1.54, 1.807) is 6.26 Å². The lowest BCUT2D eigenvalue weighted by molar-refractivity contribution is 0.174. The first kappa shape index (κ1) is 14.4. The second kappa shape index (κ2) is 6.92. The number of furan rings is 1. The Balaban J connectivity index is 1.53. The van der Waals surface area contributed by atoms with Crippen LogP contribution in [0.3, 0.4) is 0 Å².